The summed E-state index contributed by atoms with van der Waals surface area (Å²) in [7, 11) is 1.43. The van der Waals surface area contributed by atoms with Crippen molar-refractivity contribution in [2.24, 2.45) is 5.92 Å². The molecular weight excluding hydrogens is 256 g/mol. The van der Waals surface area contributed by atoms with Gasteiger partial charge in [-0.2, -0.15) is 0 Å². The molecule has 5 nitrogen and oxygen atoms in total. The van der Waals surface area contributed by atoms with Crippen LogP contribution in [0.25, 0.3) is 0 Å². The van der Waals surface area contributed by atoms with Crippen molar-refractivity contribution in [3.8, 4) is 0 Å². The zero-order valence-electron chi connectivity index (χ0n) is 12.4. The molecule has 0 bridgehead atoms. The molecule has 0 radical (unpaired) electrons. The van der Waals surface area contributed by atoms with Crippen molar-refractivity contribution in [3.05, 3.63) is 0 Å². The molecule has 1 saturated heterocycles. The molecule has 114 valence electrons. The van der Waals surface area contributed by atoms with Crippen LogP contribution in [0.2, 0.25) is 0 Å². The number of nitrogens with one attached hydrogen (secondary N) is 1. The fourth-order valence-corrected chi connectivity index (χ4v) is 3.28. The fraction of sp³-hybridized carbons (Fsp3) is 0.867. The van der Waals surface area contributed by atoms with Gasteiger partial charge in [-0.1, -0.05) is 19.3 Å². The van der Waals surface area contributed by atoms with Crippen LogP contribution in [0.1, 0.15) is 44.9 Å². The maximum absolute atomic E-state index is 12.1. The molecule has 1 N–H and O–H groups in total. The van der Waals surface area contributed by atoms with Gasteiger partial charge in [0.1, 0.15) is 0 Å². The standard InChI is InChI=1S/C15H26N2O3/c1-20-15(19)12-6-5-9-17(10-12)11-14(18)16-13-7-3-2-4-8-13/h12-13H,2-11H2,1H3,(H,16,18). The monoisotopic (exact) mass is 282 g/mol. The predicted molar refractivity (Wildman–Crippen MR) is 76.2 cm³/mol. The minimum Gasteiger partial charge on any atom is -0.469 e. The van der Waals surface area contributed by atoms with E-state index in [0.717, 1.165) is 32.2 Å². The Kier molecular flexibility index (Phi) is 5.83. The number of rotatable bonds is 4. The normalized spacial score (nSPS) is 25.1. The minimum atomic E-state index is -0.151. The first-order valence-electron chi connectivity index (χ1n) is 7.78. The molecule has 1 atom stereocenters. The van der Waals surface area contributed by atoms with Gasteiger partial charge >= 0.3 is 5.97 Å². The van der Waals surface area contributed by atoms with Gasteiger partial charge in [0.15, 0.2) is 0 Å². The molecule has 0 spiro atoms. The number of carbonyl (C=O) groups is 2. The molecule has 1 saturated carbocycles. The Hall–Kier alpha value is -1.10. The highest BCUT2D eigenvalue weighted by Gasteiger charge is 2.27. The molecule has 1 unspecified atom stereocenters. The van der Waals surface area contributed by atoms with Gasteiger partial charge in [0.05, 0.1) is 19.6 Å². The van der Waals surface area contributed by atoms with Crippen LogP contribution < -0.4 is 5.32 Å². The van der Waals surface area contributed by atoms with E-state index in [1.807, 2.05) is 0 Å². The van der Waals surface area contributed by atoms with Crippen LogP contribution in [0.15, 0.2) is 0 Å². The molecule has 1 amide bonds. The molecule has 1 aliphatic carbocycles. The first-order valence-corrected chi connectivity index (χ1v) is 7.78. The lowest BCUT2D eigenvalue weighted by atomic mass is 9.95. The average Bonchev–Trinajstić information content (AvgIpc) is 2.47. The lowest BCUT2D eigenvalue weighted by Crippen LogP contribution is -2.46. The van der Waals surface area contributed by atoms with Crippen LogP contribution in [0.3, 0.4) is 0 Å². The van der Waals surface area contributed by atoms with Crippen LogP contribution >= 0.6 is 0 Å². The molecule has 1 heterocycles. The van der Waals surface area contributed by atoms with Crippen molar-refractivity contribution in [2.45, 2.75) is 51.0 Å². The van der Waals surface area contributed by atoms with Gasteiger partial charge in [-0.3, -0.25) is 14.5 Å². The van der Waals surface area contributed by atoms with Gasteiger partial charge in [-0.15, -0.1) is 0 Å². The van der Waals surface area contributed by atoms with Crippen LogP contribution in [0.5, 0.6) is 0 Å². The summed E-state index contributed by atoms with van der Waals surface area (Å²) in [6, 6.07) is 0.359. The van der Waals surface area contributed by atoms with Gasteiger partial charge in [-0.25, -0.2) is 0 Å². The number of hydrogen-bond donors (Lipinski definition) is 1. The lowest BCUT2D eigenvalue weighted by Gasteiger charge is -2.31. The molecule has 5 heteroatoms. The number of amides is 1. The van der Waals surface area contributed by atoms with E-state index < -0.39 is 0 Å². The van der Waals surface area contributed by atoms with Gasteiger partial charge < -0.3 is 10.1 Å². The summed E-state index contributed by atoms with van der Waals surface area (Å²) in [5, 5.41) is 3.13. The molecule has 20 heavy (non-hydrogen) atoms. The van der Waals surface area contributed by atoms with E-state index in [0.29, 0.717) is 19.1 Å². The largest absolute Gasteiger partial charge is 0.469 e. The second-order valence-electron chi connectivity index (χ2n) is 6.00. The summed E-state index contributed by atoms with van der Waals surface area (Å²) in [5.41, 5.74) is 0. The molecule has 1 aliphatic heterocycles. The Morgan fingerprint density at radius 2 is 1.90 bits per heavy atom. The van der Waals surface area contributed by atoms with Crippen LogP contribution in [0.4, 0.5) is 0 Å². The summed E-state index contributed by atoms with van der Waals surface area (Å²) >= 11 is 0. The number of nitrogens with zero attached hydrogens (tertiary/aromatic N) is 1. The molecule has 2 fully saturated rings. The number of hydrogen-bond acceptors (Lipinski definition) is 4. The number of ether oxygens (including phenoxy) is 1. The maximum Gasteiger partial charge on any atom is 0.309 e. The highest BCUT2D eigenvalue weighted by molar-refractivity contribution is 5.78. The third kappa shape index (κ3) is 4.47. The summed E-state index contributed by atoms with van der Waals surface area (Å²) < 4.78 is 4.80. The van der Waals surface area contributed by atoms with Crippen LogP contribution in [-0.4, -0.2) is 49.6 Å². The van der Waals surface area contributed by atoms with E-state index in [9.17, 15) is 9.59 Å². The Morgan fingerprint density at radius 1 is 1.15 bits per heavy atom. The summed E-state index contributed by atoms with van der Waals surface area (Å²) in [6.07, 6.45) is 7.77. The molecule has 0 aromatic rings. The Bertz CT molecular complexity index is 340. The van der Waals surface area contributed by atoms with E-state index in [1.165, 1.54) is 26.4 Å². The van der Waals surface area contributed by atoms with Gasteiger partial charge in [-0.05, 0) is 32.2 Å². The second-order valence-corrected chi connectivity index (χ2v) is 6.00. The van der Waals surface area contributed by atoms with Crippen molar-refractivity contribution >= 4 is 11.9 Å². The lowest BCUT2D eigenvalue weighted by molar-refractivity contribution is -0.147. The number of piperidine rings is 1. The van der Waals surface area contributed by atoms with Crippen molar-refractivity contribution in [1.29, 1.82) is 0 Å². The van der Waals surface area contributed by atoms with E-state index in [1.54, 1.807) is 0 Å². The molecular formula is C15H26N2O3. The van der Waals surface area contributed by atoms with E-state index in [4.69, 9.17) is 4.74 Å². The van der Waals surface area contributed by atoms with Crippen molar-refractivity contribution in [1.82, 2.24) is 10.2 Å². The third-order valence-electron chi connectivity index (χ3n) is 4.38. The SMILES string of the molecule is COC(=O)C1CCCN(CC(=O)NC2CCCCC2)C1. The van der Waals surface area contributed by atoms with Gasteiger partial charge in [0, 0.05) is 12.6 Å². The first-order chi connectivity index (χ1) is 9.69. The highest BCUT2D eigenvalue weighted by Crippen LogP contribution is 2.19. The molecule has 0 aromatic carbocycles. The summed E-state index contributed by atoms with van der Waals surface area (Å²) in [6.45, 7) is 1.94. The topological polar surface area (TPSA) is 58.6 Å². The highest BCUT2D eigenvalue weighted by atomic mass is 16.5. The van der Waals surface area contributed by atoms with E-state index >= 15 is 0 Å². The number of carbonyl (C=O) groups excluding carboxylic acids is 2. The number of likely N-dealkylation sites (tertiary alicyclic amines) is 1. The van der Waals surface area contributed by atoms with Gasteiger partial charge in [0.25, 0.3) is 0 Å². The smallest absolute Gasteiger partial charge is 0.309 e. The van der Waals surface area contributed by atoms with Crippen molar-refractivity contribution in [3.63, 3.8) is 0 Å². The van der Waals surface area contributed by atoms with E-state index in [2.05, 4.69) is 10.2 Å². The zero-order chi connectivity index (χ0) is 14.4. The Balaban J connectivity index is 1.74. The number of methoxy groups -OCH3 is 1. The van der Waals surface area contributed by atoms with Crippen LogP contribution in [-0.2, 0) is 14.3 Å². The second kappa shape index (κ2) is 7.62. The van der Waals surface area contributed by atoms with Gasteiger partial charge in [0.2, 0.25) is 5.91 Å². The average molecular weight is 282 g/mol. The Morgan fingerprint density at radius 3 is 2.60 bits per heavy atom. The summed E-state index contributed by atoms with van der Waals surface area (Å²) in [4.78, 5) is 25.7. The van der Waals surface area contributed by atoms with Crippen LogP contribution in [0, 0.1) is 5.92 Å². The first kappa shape index (κ1) is 15.3. The predicted octanol–water partition coefficient (Wildman–Crippen LogP) is 1.32. The fourth-order valence-electron chi connectivity index (χ4n) is 3.28. The maximum atomic E-state index is 12.1. The number of esters is 1. The molecule has 2 rings (SSSR count). The quantitative estimate of drug-likeness (QED) is 0.790. The Labute approximate surface area is 121 Å². The minimum absolute atomic E-state index is 0.0729. The molecule has 2 aliphatic rings. The van der Waals surface area contributed by atoms with Crippen molar-refractivity contribution < 1.29 is 14.3 Å². The summed E-state index contributed by atoms with van der Waals surface area (Å²) in [5.74, 6) is -0.124. The third-order valence-corrected chi connectivity index (χ3v) is 4.38. The zero-order valence-corrected chi connectivity index (χ0v) is 12.4. The van der Waals surface area contributed by atoms with Crippen molar-refractivity contribution in [2.75, 3.05) is 26.7 Å². The molecule has 0 aromatic heterocycles. The van der Waals surface area contributed by atoms with E-state index in [-0.39, 0.29) is 17.8 Å².